The van der Waals surface area contributed by atoms with E-state index in [1.165, 1.54) is 11.8 Å². The van der Waals surface area contributed by atoms with Gasteiger partial charge in [0.2, 0.25) is 0 Å². The first-order chi connectivity index (χ1) is 14.8. The molecule has 0 saturated carbocycles. The molecule has 0 aliphatic carbocycles. The van der Waals surface area contributed by atoms with E-state index in [-0.39, 0.29) is 29.7 Å². The van der Waals surface area contributed by atoms with Crippen molar-refractivity contribution < 1.29 is 14.3 Å². The van der Waals surface area contributed by atoms with Gasteiger partial charge in [-0.2, -0.15) is 0 Å². The summed E-state index contributed by atoms with van der Waals surface area (Å²) in [5.74, 6) is -0.154. The van der Waals surface area contributed by atoms with Gasteiger partial charge in [0.1, 0.15) is 0 Å². The van der Waals surface area contributed by atoms with Crippen LogP contribution in [0, 0.1) is 0 Å². The maximum Gasteiger partial charge on any atom is 0.316 e. The average molecular weight is 481 g/mol. The van der Waals surface area contributed by atoms with Crippen LogP contribution in [-0.4, -0.2) is 54.3 Å². The smallest absolute Gasteiger partial charge is 0.316 e. The molecule has 2 atom stereocenters. The second-order valence-electron chi connectivity index (χ2n) is 7.39. The molecule has 8 heteroatoms. The highest BCUT2D eigenvalue weighted by Crippen LogP contribution is 2.31. The maximum absolute atomic E-state index is 13.2. The molecular formula is C23H26Cl2N2O3S. The van der Waals surface area contributed by atoms with Crippen molar-refractivity contribution in [3.05, 3.63) is 58.1 Å². The number of nitrogens with zero attached hydrogens (tertiary/aromatic N) is 2. The maximum atomic E-state index is 13.2. The van der Waals surface area contributed by atoms with Crippen LogP contribution in [0.25, 0.3) is 0 Å². The quantitative estimate of drug-likeness (QED) is 0.409. The molecule has 2 aromatic carbocycles. The number of carbonyl (C=O) groups is 2. The number of carbonyl (C=O) groups excluding carboxylic acids is 2. The second-order valence-corrected chi connectivity index (χ2v) is 9.25. The van der Waals surface area contributed by atoms with Gasteiger partial charge in [-0.05, 0) is 57.2 Å². The molecule has 1 fully saturated rings. The molecule has 2 aromatic rings. The SMILES string of the molecule is CCOC(=O)CSc1ccc(C(=O)N2CCN(c3cccc(Cl)c3)C(C)C2C)cc1Cl. The molecule has 1 amide bonds. The first-order valence-electron chi connectivity index (χ1n) is 10.2. The molecule has 0 radical (unpaired) electrons. The minimum absolute atomic E-state index is 0.0110. The number of hydrogen-bond acceptors (Lipinski definition) is 5. The standard InChI is InChI=1S/C23H26Cl2N2O3S/c1-4-30-22(28)14-31-21-9-8-17(12-20(21)25)23(29)27-11-10-26(15(2)16(27)3)19-7-5-6-18(24)13-19/h5-9,12-13,15-16H,4,10-11,14H2,1-3H3. The Morgan fingerprint density at radius 3 is 2.55 bits per heavy atom. The van der Waals surface area contributed by atoms with E-state index >= 15 is 0 Å². The van der Waals surface area contributed by atoms with Crippen molar-refractivity contribution in [1.82, 2.24) is 4.90 Å². The van der Waals surface area contributed by atoms with E-state index in [1.54, 1.807) is 25.1 Å². The highest BCUT2D eigenvalue weighted by molar-refractivity contribution is 8.00. The van der Waals surface area contributed by atoms with Crippen LogP contribution in [-0.2, 0) is 9.53 Å². The molecule has 1 aliphatic rings. The number of benzene rings is 2. The van der Waals surface area contributed by atoms with Crippen molar-refractivity contribution in [1.29, 1.82) is 0 Å². The molecule has 5 nitrogen and oxygen atoms in total. The van der Waals surface area contributed by atoms with Crippen molar-refractivity contribution in [2.75, 3.05) is 30.3 Å². The summed E-state index contributed by atoms with van der Waals surface area (Å²) in [6.45, 7) is 7.62. The molecular weight excluding hydrogens is 455 g/mol. The molecule has 0 spiro atoms. The van der Waals surface area contributed by atoms with Crippen molar-refractivity contribution in [3.63, 3.8) is 0 Å². The summed E-state index contributed by atoms with van der Waals surface area (Å²) in [7, 11) is 0. The summed E-state index contributed by atoms with van der Waals surface area (Å²) in [5.41, 5.74) is 1.60. The lowest BCUT2D eigenvalue weighted by Crippen LogP contribution is -2.59. The van der Waals surface area contributed by atoms with E-state index in [0.29, 0.717) is 28.8 Å². The Morgan fingerprint density at radius 1 is 1.10 bits per heavy atom. The van der Waals surface area contributed by atoms with Crippen LogP contribution >= 0.6 is 35.0 Å². The number of amides is 1. The van der Waals surface area contributed by atoms with Crippen molar-refractivity contribution in [2.24, 2.45) is 0 Å². The van der Waals surface area contributed by atoms with Crippen LogP contribution in [0.4, 0.5) is 5.69 Å². The molecule has 31 heavy (non-hydrogen) atoms. The van der Waals surface area contributed by atoms with Gasteiger partial charge in [0.25, 0.3) is 5.91 Å². The van der Waals surface area contributed by atoms with Crippen LogP contribution in [0.15, 0.2) is 47.4 Å². The van der Waals surface area contributed by atoms with Gasteiger partial charge in [0.15, 0.2) is 0 Å². The zero-order chi connectivity index (χ0) is 22.5. The molecule has 1 saturated heterocycles. The van der Waals surface area contributed by atoms with Crippen LogP contribution in [0.2, 0.25) is 10.0 Å². The van der Waals surface area contributed by atoms with E-state index in [1.807, 2.05) is 29.2 Å². The Labute approximate surface area is 197 Å². The third-order valence-electron chi connectivity index (χ3n) is 5.49. The fraction of sp³-hybridized carbons (Fsp3) is 0.391. The van der Waals surface area contributed by atoms with Gasteiger partial charge >= 0.3 is 5.97 Å². The zero-order valence-electron chi connectivity index (χ0n) is 17.8. The number of halogens is 2. The van der Waals surface area contributed by atoms with Gasteiger partial charge in [-0.3, -0.25) is 9.59 Å². The highest BCUT2D eigenvalue weighted by atomic mass is 35.5. The number of hydrogen-bond donors (Lipinski definition) is 0. The Balaban J connectivity index is 1.69. The lowest BCUT2D eigenvalue weighted by molar-refractivity contribution is -0.139. The van der Waals surface area contributed by atoms with Gasteiger partial charge < -0.3 is 14.5 Å². The predicted octanol–water partition coefficient (Wildman–Crippen LogP) is 5.39. The van der Waals surface area contributed by atoms with Crippen LogP contribution in [0.1, 0.15) is 31.1 Å². The van der Waals surface area contributed by atoms with E-state index in [0.717, 1.165) is 17.1 Å². The molecule has 166 valence electrons. The number of esters is 1. The molecule has 3 rings (SSSR count). The minimum atomic E-state index is -0.288. The molecule has 1 aliphatic heterocycles. The fourth-order valence-corrected chi connectivity index (χ4v) is 4.95. The number of ether oxygens (including phenoxy) is 1. The summed E-state index contributed by atoms with van der Waals surface area (Å²) in [4.78, 5) is 29.7. The second kappa shape index (κ2) is 10.6. The van der Waals surface area contributed by atoms with Gasteiger partial charge in [-0.25, -0.2) is 0 Å². The Bertz CT molecular complexity index is 956. The summed E-state index contributed by atoms with van der Waals surface area (Å²) < 4.78 is 4.94. The molecule has 0 bridgehead atoms. The van der Waals surface area contributed by atoms with Crippen molar-refractivity contribution in [3.8, 4) is 0 Å². The van der Waals surface area contributed by atoms with Gasteiger partial charge in [-0.1, -0.05) is 29.3 Å². The largest absolute Gasteiger partial charge is 0.465 e. The molecule has 0 aromatic heterocycles. The minimum Gasteiger partial charge on any atom is -0.465 e. The molecule has 1 heterocycles. The Morgan fingerprint density at radius 2 is 1.87 bits per heavy atom. The van der Waals surface area contributed by atoms with Crippen molar-refractivity contribution >= 4 is 52.5 Å². The third-order valence-corrected chi connectivity index (χ3v) is 7.20. The van der Waals surface area contributed by atoms with E-state index in [4.69, 9.17) is 27.9 Å². The topological polar surface area (TPSA) is 49.9 Å². The number of anilines is 1. The van der Waals surface area contributed by atoms with Crippen LogP contribution < -0.4 is 4.90 Å². The van der Waals surface area contributed by atoms with Gasteiger partial charge in [0, 0.05) is 46.3 Å². The summed E-state index contributed by atoms with van der Waals surface area (Å²) in [6, 6.07) is 13.2. The first-order valence-corrected chi connectivity index (χ1v) is 12.0. The Kier molecular flexibility index (Phi) is 8.14. The summed E-state index contributed by atoms with van der Waals surface area (Å²) in [6.07, 6.45) is 0. The lowest BCUT2D eigenvalue weighted by Gasteiger charge is -2.46. The van der Waals surface area contributed by atoms with E-state index < -0.39 is 0 Å². The van der Waals surface area contributed by atoms with Crippen molar-refractivity contribution in [2.45, 2.75) is 37.8 Å². The molecule has 0 N–H and O–H groups in total. The van der Waals surface area contributed by atoms with E-state index in [9.17, 15) is 9.59 Å². The van der Waals surface area contributed by atoms with E-state index in [2.05, 4.69) is 18.7 Å². The average Bonchev–Trinajstić information content (AvgIpc) is 2.74. The third kappa shape index (κ3) is 5.68. The molecule has 2 unspecified atom stereocenters. The summed E-state index contributed by atoms with van der Waals surface area (Å²) in [5, 5.41) is 1.16. The highest BCUT2D eigenvalue weighted by Gasteiger charge is 2.34. The normalized spacial score (nSPS) is 18.7. The first kappa shape index (κ1) is 23.8. The number of piperazine rings is 1. The zero-order valence-corrected chi connectivity index (χ0v) is 20.1. The number of rotatable bonds is 6. The van der Waals surface area contributed by atoms with Crippen LogP contribution in [0.3, 0.4) is 0 Å². The Hall–Kier alpha value is -1.89. The van der Waals surface area contributed by atoms with Crippen LogP contribution in [0.5, 0.6) is 0 Å². The van der Waals surface area contributed by atoms with Gasteiger partial charge in [-0.15, -0.1) is 11.8 Å². The van der Waals surface area contributed by atoms with Gasteiger partial charge in [0.05, 0.1) is 17.4 Å². The predicted molar refractivity (Wildman–Crippen MR) is 128 cm³/mol. The fourth-order valence-electron chi connectivity index (χ4n) is 3.71. The monoisotopic (exact) mass is 480 g/mol. The number of thioether (sulfide) groups is 1. The lowest BCUT2D eigenvalue weighted by atomic mass is 10.0. The summed E-state index contributed by atoms with van der Waals surface area (Å²) >= 11 is 13.9.